The smallest absolute Gasteiger partial charge is 0.338 e. The molecule has 0 saturated heterocycles. The summed E-state index contributed by atoms with van der Waals surface area (Å²) in [5.41, 5.74) is 1.60. The van der Waals surface area contributed by atoms with Gasteiger partial charge in [-0.15, -0.1) is 0 Å². The number of unbranched alkanes of at least 4 members (excludes halogenated alkanes) is 4. The number of carbonyl (C=O) groups is 1. The van der Waals surface area contributed by atoms with Gasteiger partial charge in [-0.25, -0.2) is 4.79 Å². The van der Waals surface area contributed by atoms with Gasteiger partial charge in [0.1, 0.15) is 6.10 Å². The van der Waals surface area contributed by atoms with Gasteiger partial charge in [-0.2, -0.15) is 0 Å². The summed E-state index contributed by atoms with van der Waals surface area (Å²) in [6.07, 6.45) is 9.33. The maximum Gasteiger partial charge on any atom is 0.338 e. The Balaban J connectivity index is 1.90. The van der Waals surface area contributed by atoms with Crippen LogP contribution >= 0.6 is 0 Å². The van der Waals surface area contributed by atoms with Crippen molar-refractivity contribution in [3.8, 4) is 11.8 Å². The van der Waals surface area contributed by atoms with Crippen molar-refractivity contribution in [1.29, 1.82) is 0 Å². The van der Waals surface area contributed by atoms with Gasteiger partial charge < -0.3 is 4.74 Å². The molecule has 0 heterocycles. The van der Waals surface area contributed by atoms with Gasteiger partial charge in [-0.3, -0.25) is 0 Å². The minimum Gasteiger partial charge on any atom is -0.458 e. The third kappa shape index (κ3) is 7.06. The van der Waals surface area contributed by atoms with E-state index in [1.54, 1.807) is 0 Å². The molecule has 1 saturated carbocycles. The van der Waals surface area contributed by atoms with Crippen LogP contribution in [0.15, 0.2) is 24.3 Å². The zero-order valence-corrected chi connectivity index (χ0v) is 17.6. The average Bonchev–Trinajstić information content (AvgIpc) is 2.65. The van der Waals surface area contributed by atoms with Crippen molar-refractivity contribution < 1.29 is 9.53 Å². The van der Waals surface area contributed by atoms with Gasteiger partial charge in [0.2, 0.25) is 0 Å². The van der Waals surface area contributed by atoms with E-state index in [-0.39, 0.29) is 12.1 Å². The highest BCUT2D eigenvalue weighted by Gasteiger charge is 2.33. The molecule has 0 bridgehead atoms. The number of hydrogen-bond acceptors (Lipinski definition) is 2. The molecule has 0 amide bonds. The molecule has 27 heavy (non-hydrogen) atoms. The van der Waals surface area contributed by atoms with E-state index < -0.39 is 0 Å². The van der Waals surface area contributed by atoms with E-state index in [1.807, 2.05) is 24.3 Å². The molecule has 2 nitrogen and oxygen atoms in total. The Morgan fingerprint density at radius 3 is 2.56 bits per heavy atom. The van der Waals surface area contributed by atoms with E-state index in [4.69, 9.17) is 4.74 Å². The molecule has 1 fully saturated rings. The lowest BCUT2D eigenvalue weighted by molar-refractivity contribution is -0.0174. The summed E-state index contributed by atoms with van der Waals surface area (Å²) < 4.78 is 5.92. The van der Waals surface area contributed by atoms with Crippen molar-refractivity contribution in [1.82, 2.24) is 0 Å². The van der Waals surface area contributed by atoms with Crippen LogP contribution < -0.4 is 0 Å². The van der Waals surface area contributed by atoms with Crippen LogP contribution in [0.3, 0.4) is 0 Å². The first-order valence-corrected chi connectivity index (χ1v) is 10.8. The zero-order valence-electron chi connectivity index (χ0n) is 17.6. The second-order valence-electron chi connectivity index (χ2n) is 8.46. The van der Waals surface area contributed by atoms with E-state index in [0.717, 1.165) is 24.8 Å². The minimum absolute atomic E-state index is 0.0452. The van der Waals surface area contributed by atoms with Crippen LogP contribution in [0.25, 0.3) is 0 Å². The molecule has 0 aliphatic heterocycles. The molecule has 1 aromatic carbocycles. The Kier molecular flexibility index (Phi) is 8.92. The lowest BCUT2D eigenvalue weighted by Crippen LogP contribution is -2.35. The summed E-state index contributed by atoms with van der Waals surface area (Å²) in [6, 6.07) is 7.55. The molecule has 0 N–H and O–H groups in total. The third-order valence-electron chi connectivity index (χ3n) is 5.73. The first-order chi connectivity index (χ1) is 13.0. The van der Waals surface area contributed by atoms with E-state index in [0.29, 0.717) is 23.3 Å². The highest BCUT2D eigenvalue weighted by Crippen LogP contribution is 2.35. The van der Waals surface area contributed by atoms with Crippen molar-refractivity contribution in [2.24, 2.45) is 17.8 Å². The number of carbonyl (C=O) groups excluding carboxylic acids is 1. The topological polar surface area (TPSA) is 26.3 Å². The maximum atomic E-state index is 12.6. The average molecular weight is 369 g/mol. The van der Waals surface area contributed by atoms with Gasteiger partial charge in [0.05, 0.1) is 5.56 Å². The van der Waals surface area contributed by atoms with E-state index in [1.165, 1.54) is 32.1 Å². The van der Waals surface area contributed by atoms with E-state index in [2.05, 4.69) is 39.5 Å². The predicted octanol–water partition coefficient (Wildman–Crippen LogP) is 6.63. The number of rotatable bonds is 7. The van der Waals surface area contributed by atoms with Gasteiger partial charge in [-0.05, 0) is 61.3 Å². The zero-order chi connectivity index (χ0) is 19.6. The summed E-state index contributed by atoms with van der Waals surface area (Å²) in [5.74, 6) is 7.88. The quantitative estimate of drug-likeness (QED) is 0.307. The first-order valence-electron chi connectivity index (χ1n) is 10.8. The van der Waals surface area contributed by atoms with Crippen LogP contribution in [-0.2, 0) is 4.74 Å². The molecular weight excluding hydrogens is 332 g/mol. The second kappa shape index (κ2) is 11.2. The Morgan fingerprint density at radius 1 is 1.15 bits per heavy atom. The molecule has 2 heteroatoms. The lowest BCUT2D eigenvalue weighted by Gasteiger charge is -2.36. The first kappa shape index (κ1) is 21.5. The number of esters is 1. The molecular formula is C25H36O2. The molecule has 0 aromatic heterocycles. The van der Waals surface area contributed by atoms with E-state index in [9.17, 15) is 4.79 Å². The van der Waals surface area contributed by atoms with Gasteiger partial charge in [0.25, 0.3) is 0 Å². The van der Waals surface area contributed by atoms with Crippen LogP contribution in [0.4, 0.5) is 0 Å². The molecule has 0 spiro atoms. The summed E-state index contributed by atoms with van der Waals surface area (Å²) >= 11 is 0. The Morgan fingerprint density at radius 2 is 1.89 bits per heavy atom. The van der Waals surface area contributed by atoms with Gasteiger partial charge in [0, 0.05) is 12.0 Å². The van der Waals surface area contributed by atoms with Crippen molar-refractivity contribution in [3.05, 3.63) is 35.4 Å². The predicted molar refractivity (Wildman–Crippen MR) is 113 cm³/mol. The number of hydrogen-bond donors (Lipinski definition) is 0. The fourth-order valence-electron chi connectivity index (χ4n) is 3.95. The summed E-state index contributed by atoms with van der Waals surface area (Å²) in [5, 5.41) is 0. The SMILES string of the molecule is CCCCCCC#Cc1ccc(C(=O)O[C@@H]2C[C@H](C)CC[C@H]2C(C)C)cc1. The number of ether oxygens (including phenoxy) is 1. The van der Waals surface area contributed by atoms with Crippen LogP contribution in [0.2, 0.25) is 0 Å². The Hall–Kier alpha value is -1.75. The van der Waals surface area contributed by atoms with Gasteiger partial charge in [0.15, 0.2) is 0 Å². The van der Waals surface area contributed by atoms with Crippen molar-refractivity contribution in [3.63, 3.8) is 0 Å². The molecule has 1 aliphatic carbocycles. The van der Waals surface area contributed by atoms with Crippen molar-refractivity contribution >= 4 is 5.97 Å². The third-order valence-corrected chi connectivity index (χ3v) is 5.73. The fraction of sp³-hybridized carbons (Fsp3) is 0.640. The molecule has 3 atom stereocenters. The van der Waals surface area contributed by atoms with Crippen LogP contribution in [0.5, 0.6) is 0 Å². The summed E-state index contributed by atoms with van der Waals surface area (Å²) in [4.78, 5) is 12.6. The molecule has 0 radical (unpaired) electrons. The normalized spacial score (nSPS) is 22.2. The molecule has 1 aliphatic rings. The summed E-state index contributed by atoms with van der Waals surface area (Å²) in [6.45, 7) is 8.94. The molecule has 2 rings (SSSR count). The molecule has 0 unspecified atom stereocenters. The van der Waals surface area contributed by atoms with Gasteiger partial charge >= 0.3 is 5.97 Å². The summed E-state index contributed by atoms with van der Waals surface area (Å²) in [7, 11) is 0. The van der Waals surface area contributed by atoms with E-state index >= 15 is 0 Å². The Bertz CT molecular complexity index is 633. The highest BCUT2D eigenvalue weighted by molar-refractivity contribution is 5.89. The van der Waals surface area contributed by atoms with Crippen molar-refractivity contribution in [2.45, 2.75) is 85.2 Å². The molecule has 148 valence electrons. The Labute approximate surface area is 166 Å². The standard InChI is InChI=1S/C25H36O2/c1-5-6-7-8-9-10-11-21-13-15-22(16-14-21)25(26)27-24-18-20(4)12-17-23(24)19(2)3/h13-16,19-20,23-24H,5-9,12,17-18H2,1-4H3/t20-,23+,24-/m1/s1. The monoisotopic (exact) mass is 368 g/mol. The number of benzene rings is 1. The van der Waals surface area contributed by atoms with Gasteiger partial charge in [-0.1, -0.05) is 65.2 Å². The molecule has 1 aromatic rings. The largest absolute Gasteiger partial charge is 0.458 e. The second-order valence-corrected chi connectivity index (χ2v) is 8.46. The highest BCUT2D eigenvalue weighted by atomic mass is 16.5. The van der Waals surface area contributed by atoms with Crippen molar-refractivity contribution in [2.75, 3.05) is 0 Å². The maximum absolute atomic E-state index is 12.6. The lowest BCUT2D eigenvalue weighted by atomic mass is 9.75. The minimum atomic E-state index is -0.196. The van der Waals surface area contributed by atoms with Crippen LogP contribution in [0.1, 0.15) is 95.0 Å². The van der Waals surface area contributed by atoms with Crippen LogP contribution in [-0.4, -0.2) is 12.1 Å². The van der Waals surface area contributed by atoms with Crippen LogP contribution in [0, 0.1) is 29.6 Å². The fourth-order valence-corrected chi connectivity index (χ4v) is 3.95.